The molecule has 3 aliphatic carbocycles. The third kappa shape index (κ3) is 8.28. The Balaban J connectivity index is 0.000000164. The average molecular weight is 1060 g/mol. The zero-order valence-electron chi connectivity index (χ0n) is 36.9. The molecule has 358 valence electrons. The summed E-state index contributed by atoms with van der Waals surface area (Å²) in [7, 11) is 3.75. The lowest BCUT2D eigenvalue weighted by molar-refractivity contribution is 0.0385. The number of halogens is 14. The molecule has 0 saturated carbocycles. The van der Waals surface area contributed by atoms with Gasteiger partial charge in [-0.1, -0.05) is 40.2 Å². The number of thioether (sulfide) groups is 2. The highest BCUT2D eigenvalue weighted by Gasteiger charge is 2.53. The van der Waals surface area contributed by atoms with E-state index in [-0.39, 0.29) is 58.3 Å². The Morgan fingerprint density at radius 2 is 0.662 bits per heavy atom. The summed E-state index contributed by atoms with van der Waals surface area (Å²) in [6, 6.07) is 14.3. The van der Waals surface area contributed by atoms with Gasteiger partial charge < -0.3 is 14.2 Å². The first-order valence-corrected chi connectivity index (χ1v) is 23.7. The van der Waals surface area contributed by atoms with Crippen molar-refractivity contribution in [3.63, 3.8) is 0 Å². The van der Waals surface area contributed by atoms with E-state index in [1.165, 1.54) is 47.8 Å². The number of rotatable bonds is 6. The molecule has 1 aliphatic heterocycles. The lowest BCUT2D eigenvalue weighted by Gasteiger charge is -2.25. The van der Waals surface area contributed by atoms with Crippen LogP contribution in [0, 0.1) is 52.4 Å². The average Bonchev–Trinajstić information content (AvgIpc) is 4.05. The van der Waals surface area contributed by atoms with E-state index < -0.39 is 90.5 Å². The van der Waals surface area contributed by atoms with Crippen LogP contribution in [0.2, 0.25) is 0 Å². The van der Waals surface area contributed by atoms with Gasteiger partial charge in [0.1, 0.15) is 4.08 Å². The summed E-state index contributed by atoms with van der Waals surface area (Å²) in [5, 5.41) is 0. The zero-order valence-corrected chi connectivity index (χ0v) is 39.1. The summed E-state index contributed by atoms with van der Waals surface area (Å²) in [5.74, 6) is -16.0. The Hall–Kier alpha value is -4.95. The van der Waals surface area contributed by atoms with Crippen molar-refractivity contribution < 1.29 is 71.3 Å². The summed E-state index contributed by atoms with van der Waals surface area (Å²) < 4.78 is 203. The zero-order chi connectivity index (χ0) is 50.9. The summed E-state index contributed by atoms with van der Waals surface area (Å²) in [5.41, 5.74) is -3.10. The second-order valence-corrected chi connectivity index (χ2v) is 17.4. The smallest absolute Gasteiger partial charge is 0.305 e. The van der Waals surface area contributed by atoms with Gasteiger partial charge in [0.15, 0.2) is 69.6 Å². The Labute approximate surface area is 401 Å². The molecule has 0 amide bonds. The van der Waals surface area contributed by atoms with Crippen molar-refractivity contribution in [3.8, 4) is 50.6 Å². The van der Waals surface area contributed by atoms with Crippen LogP contribution >= 0.6 is 39.5 Å². The maximum atomic E-state index is 15.1. The van der Waals surface area contributed by atoms with E-state index in [0.717, 1.165) is 41.8 Å². The minimum absolute atomic E-state index is 0.0945. The van der Waals surface area contributed by atoms with Crippen LogP contribution in [0.4, 0.5) is 57.1 Å². The van der Waals surface area contributed by atoms with Gasteiger partial charge in [0.05, 0.1) is 42.1 Å². The standard InChI is InChI=1S/C17H13F3OS2.2C15H9F5O.CH3Br.BH/c1-2-21-12-6-4-10-9-3-5-11(18)15(19)13(9)17(14(10)16(12)20)22-7-8-23-17;2*1-2-21-10-6-4-8-7-3-5-9(16)13(17)11(7)15(19,20)12(8)14(10)18;1-2;/h3-6H,2,7-8H2,1H3;2*3-6H,2H2,1H3;1H3;1H/i;;;;1D. The van der Waals surface area contributed by atoms with Gasteiger partial charge in [-0.2, -0.15) is 17.6 Å². The Bertz CT molecular complexity index is 2800. The molecule has 20 heteroatoms. The highest BCUT2D eigenvalue weighted by atomic mass is 79.9. The molecule has 3 nitrogen and oxygen atoms in total. The first-order chi connectivity index (χ1) is 32.9. The summed E-state index contributed by atoms with van der Waals surface area (Å²) in [6.45, 7) is 5.47. The maximum absolute atomic E-state index is 15.1. The Morgan fingerprint density at radius 3 is 0.971 bits per heavy atom. The van der Waals surface area contributed by atoms with E-state index in [1.54, 1.807) is 39.0 Å². The molecule has 1 saturated heterocycles. The molecule has 1 fully saturated rings. The lowest BCUT2D eigenvalue weighted by atomic mass is 10.1. The fourth-order valence-electron chi connectivity index (χ4n) is 8.42. The van der Waals surface area contributed by atoms with Gasteiger partial charge in [-0.05, 0) is 110 Å². The van der Waals surface area contributed by atoms with Crippen molar-refractivity contribution in [2.24, 2.45) is 0 Å². The molecule has 0 bridgehead atoms. The Kier molecular flexibility index (Phi) is 15.1. The number of alkyl halides is 5. The first kappa shape index (κ1) is 50.9. The predicted octanol–water partition coefficient (Wildman–Crippen LogP) is 14.8. The fourth-order valence-corrected chi connectivity index (χ4v) is 11.9. The molecule has 68 heavy (non-hydrogen) atoms. The van der Waals surface area contributed by atoms with Gasteiger partial charge in [0.2, 0.25) is 0 Å². The largest absolute Gasteiger partial charge is 0.491 e. The first-order valence-electron chi connectivity index (χ1n) is 20.7. The van der Waals surface area contributed by atoms with E-state index in [2.05, 4.69) is 24.3 Å². The molecule has 1 heterocycles. The molecule has 0 aromatic heterocycles. The van der Waals surface area contributed by atoms with E-state index >= 15 is 4.39 Å². The van der Waals surface area contributed by atoms with Crippen molar-refractivity contribution >= 4 is 47.8 Å². The third-order valence-electron chi connectivity index (χ3n) is 11.0. The van der Waals surface area contributed by atoms with E-state index in [1.807, 2.05) is 5.83 Å². The molecular formula is C48H35BBrF13O3S2. The number of benzene rings is 6. The van der Waals surface area contributed by atoms with Crippen molar-refractivity contribution in [1.29, 1.82) is 1.34 Å². The summed E-state index contributed by atoms with van der Waals surface area (Å²) >= 11 is 5.86. The second kappa shape index (κ2) is 20.2. The highest BCUT2D eigenvalue weighted by Crippen LogP contribution is 2.66. The molecule has 0 N–H and O–H groups in total. The van der Waals surface area contributed by atoms with Crippen LogP contribution in [0.3, 0.4) is 0 Å². The number of ether oxygens (including phenoxy) is 3. The van der Waals surface area contributed by atoms with Crippen molar-refractivity contribution in [2.75, 3.05) is 37.2 Å². The summed E-state index contributed by atoms with van der Waals surface area (Å²) in [6.07, 6.45) is 0. The van der Waals surface area contributed by atoms with Crippen LogP contribution in [0.1, 0.15) is 54.2 Å². The van der Waals surface area contributed by atoms with Crippen LogP contribution in [-0.2, 0) is 15.9 Å². The quantitative estimate of drug-likeness (QED) is 0.0941. The van der Waals surface area contributed by atoms with Gasteiger partial charge in [0, 0.05) is 31.0 Å². The van der Waals surface area contributed by atoms with Crippen molar-refractivity contribution in [3.05, 3.63) is 159 Å². The minimum atomic E-state index is -3.95. The van der Waals surface area contributed by atoms with Gasteiger partial charge >= 0.3 is 11.8 Å². The van der Waals surface area contributed by atoms with Gasteiger partial charge in [-0.25, -0.2) is 39.5 Å². The predicted molar refractivity (Wildman–Crippen MR) is 242 cm³/mol. The van der Waals surface area contributed by atoms with E-state index in [0.29, 0.717) is 23.3 Å². The maximum Gasteiger partial charge on any atom is 0.305 e. The highest BCUT2D eigenvalue weighted by molar-refractivity contribution is 9.08. The third-order valence-corrected chi connectivity index (χ3v) is 14.4. The van der Waals surface area contributed by atoms with Gasteiger partial charge in [-0.15, -0.1) is 23.5 Å². The lowest BCUT2D eigenvalue weighted by Crippen LogP contribution is -2.17. The normalized spacial score (nSPS) is 15.2. The molecular weight excluding hydrogens is 1030 g/mol. The number of fused-ring (bicyclic) bond motifs is 11. The fraction of sp³-hybridized carbons (Fsp3) is 0.250. The van der Waals surface area contributed by atoms with Crippen LogP contribution < -0.4 is 14.2 Å². The topological polar surface area (TPSA) is 27.7 Å². The Morgan fingerprint density at radius 1 is 0.426 bits per heavy atom. The van der Waals surface area contributed by atoms with Crippen LogP contribution in [0.25, 0.3) is 33.4 Å². The van der Waals surface area contributed by atoms with Crippen LogP contribution in [-0.4, -0.2) is 46.9 Å². The van der Waals surface area contributed by atoms with Crippen LogP contribution in [0.15, 0.2) is 72.8 Å². The molecule has 6 aromatic rings. The molecule has 4 aliphatic rings. The van der Waals surface area contributed by atoms with Crippen LogP contribution in [0.5, 0.6) is 17.2 Å². The monoisotopic (exact) mass is 1060 g/mol. The molecule has 10 rings (SSSR count). The van der Waals surface area contributed by atoms with Gasteiger partial charge in [0.25, 0.3) is 0 Å². The molecule has 6 aromatic carbocycles. The summed E-state index contributed by atoms with van der Waals surface area (Å²) in [4.78, 5) is 0. The minimum Gasteiger partial charge on any atom is -0.491 e. The molecule has 2 radical (unpaired) electrons. The van der Waals surface area contributed by atoms with Crippen molar-refractivity contribution in [1.82, 2.24) is 0 Å². The van der Waals surface area contributed by atoms with E-state index in [9.17, 15) is 52.7 Å². The number of hydrogen-bond donors (Lipinski definition) is 0. The van der Waals surface area contributed by atoms with Gasteiger partial charge in [-0.3, -0.25) is 0 Å². The molecule has 1 spiro atoms. The SMILES string of the molecule is CBr.CCOc1ccc2c(c1F)C(F)(F)c1c-2ccc(F)c1F.CCOc1ccc2c(c1F)C(F)(F)c1c-2ccc(F)c1F.CCOc1ccc2c(c1F)C1(SCCS1)c1c-2ccc(F)c1F.[2H][B]. The molecule has 0 atom stereocenters. The number of hydrogen-bond acceptors (Lipinski definition) is 5. The van der Waals surface area contributed by atoms with E-state index in [4.69, 9.17) is 15.5 Å². The molecule has 0 unspecified atom stereocenters. The van der Waals surface area contributed by atoms with Crippen molar-refractivity contribution in [2.45, 2.75) is 36.7 Å². The second-order valence-electron chi connectivity index (χ2n) is 14.5.